The molecule has 4 heterocycles. The number of rotatable bonds is 4. The molecular weight excluding hydrogens is 462 g/mol. The minimum Gasteiger partial charge on any atom is -0.336 e. The number of pyridine rings is 1. The van der Waals surface area contributed by atoms with Gasteiger partial charge >= 0.3 is 0 Å². The van der Waals surface area contributed by atoms with Crippen LogP contribution in [0.25, 0.3) is 21.5 Å². The summed E-state index contributed by atoms with van der Waals surface area (Å²) in [4.78, 5) is 21.9. The number of para-hydroxylation sites is 1. The van der Waals surface area contributed by atoms with E-state index in [0.29, 0.717) is 22.9 Å². The minimum absolute atomic E-state index is 0.0922. The largest absolute Gasteiger partial charge is 0.336 e. The fourth-order valence-corrected chi connectivity index (χ4v) is 7.43. The van der Waals surface area contributed by atoms with Crippen LogP contribution in [-0.2, 0) is 10.0 Å². The van der Waals surface area contributed by atoms with E-state index in [1.165, 1.54) is 15.6 Å². The van der Waals surface area contributed by atoms with E-state index < -0.39 is 10.0 Å². The lowest BCUT2D eigenvalue weighted by atomic mass is 10.1. The lowest BCUT2D eigenvalue weighted by Crippen LogP contribution is -2.50. The molecule has 1 fully saturated rings. The number of benzene rings is 1. The van der Waals surface area contributed by atoms with Crippen molar-refractivity contribution in [2.24, 2.45) is 0 Å². The maximum atomic E-state index is 13.5. The van der Waals surface area contributed by atoms with E-state index in [1.54, 1.807) is 22.3 Å². The van der Waals surface area contributed by atoms with E-state index in [0.717, 1.165) is 26.4 Å². The summed E-state index contributed by atoms with van der Waals surface area (Å²) < 4.78 is 27.7. The normalized spacial score (nSPS) is 15.3. The van der Waals surface area contributed by atoms with Crippen LogP contribution in [0.2, 0.25) is 0 Å². The first-order chi connectivity index (χ1) is 15.4. The first-order valence-electron chi connectivity index (χ1n) is 10.2. The lowest BCUT2D eigenvalue weighted by Gasteiger charge is -2.34. The van der Waals surface area contributed by atoms with Crippen molar-refractivity contribution < 1.29 is 13.2 Å². The van der Waals surface area contributed by atoms with Crippen molar-refractivity contribution in [3.63, 3.8) is 0 Å². The first-order valence-corrected chi connectivity index (χ1v) is 13.4. The summed E-state index contributed by atoms with van der Waals surface area (Å²) in [5, 5.41) is 2.80. The SMILES string of the molecule is Cc1ccc(S(=O)(=O)N2CCN(C(=O)c3cc(-c4cccs4)nc4ccccc34)CC2)s1. The van der Waals surface area contributed by atoms with Crippen molar-refractivity contribution in [2.75, 3.05) is 26.2 Å². The highest BCUT2D eigenvalue weighted by atomic mass is 32.2. The van der Waals surface area contributed by atoms with Crippen molar-refractivity contribution in [1.29, 1.82) is 0 Å². The number of thiophene rings is 2. The molecule has 0 spiro atoms. The van der Waals surface area contributed by atoms with Crippen LogP contribution in [-0.4, -0.2) is 54.7 Å². The predicted molar refractivity (Wildman–Crippen MR) is 129 cm³/mol. The van der Waals surface area contributed by atoms with Gasteiger partial charge in [0.2, 0.25) is 0 Å². The Hall–Kier alpha value is -2.59. The predicted octanol–water partition coefficient (Wildman–Crippen LogP) is 4.48. The van der Waals surface area contributed by atoms with Crippen molar-refractivity contribution in [3.8, 4) is 10.6 Å². The van der Waals surface area contributed by atoms with Gasteiger partial charge in [0.15, 0.2) is 0 Å². The van der Waals surface area contributed by atoms with Crippen LogP contribution in [0.4, 0.5) is 0 Å². The molecule has 164 valence electrons. The third-order valence-corrected chi connectivity index (χ3v) is 9.82. The second-order valence-corrected chi connectivity index (χ2v) is 12.0. The third-order valence-electron chi connectivity index (χ3n) is 5.56. The Morgan fingerprint density at radius 1 is 1.00 bits per heavy atom. The molecule has 1 aliphatic heterocycles. The molecule has 32 heavy (non-hydrogen) atoms. The molecule has 0 radical (unpaired) electrons. The van der Waals surface area contributed by atoms with Gasteiger partial charge < -0.3 is 4.90 Å². The highest BCUT2D eigenvalue weighted by Crippen LogP contribution is 2.29. The second kappa shape index (κ2) is 8.40. The number of nitrogens with zero attached hydrogens (tertiary/aromatic N) is 3. The number of hydrogen-bond donors (Lipinski definition) is 0. The molecule has 1 saturated heterocycles. The number of aryl methyl sites for hydroxylation is 1. The molecule has 0 saturated carbocycles. The smallest absolute Gasteiger partial charge is 0.254 e. The quantitative estimate of drug-likeness (QED) is 0.429. The van der Waals surface area contributed by atoms with Crippen LogP contribution in [0.1, 0.15) is 15.2 Å². The van der Waals surface area contributed by atoms with Gasteiger partial charge in [-0.2, -0.15) is 4.31 Å². The Labute approximate surface area is 194 Å². The number of hydrogen-bond acceptors (Lipinski definition) is 6. The summed E-state index contributed by atoms with van der Waals surface area (Å²) in [5.74, 6) is -0.0922. The molecule has 1 amide bonds. The molecule has 0 unspecified atom stereocenters. The average Bonchev–Trinajstić information content (AvgIpc) is 3.50. The summed E-state index contributed by atoms with van der Waals surface area (Å²) in [7, 11) is -3.52. The van der Waals surface area contributed by atoms with Gasteiger partial charge in [-0.3, -0.25) is 4.79 Å². The van der Waals surface area contributed by atoms with Gasteiger partial charge in [-0.1, -0.05) is 24.3 Å². The van der Waals surface area contributed by atoms with Crippen molar-refractivity contribution in [3.05, 3.63) is 70.4 Å². The fraction of sp³-hybridized carbons (Fsp3) is 0.217. The van der Waals surface area contributed by atoms with Gasteiger partial charge in [0.05, 0.1) is 21.7 Å². The summed E-state index contributed by atoms with van der Waals surface area (Å²) in [6, 6.07) is 16.9. The van der Waals surface area contributed by atoms with E-state index in [9.17, 15) is 13.2 Å². The van der Waals surface area contributed by atoms with Crippen molar-refractivity contribution in [1.82, 2.24) is 14.2 Å². The summed E-state index contributed by atoms with van der Waals surface area (Å²) >= 11 is 2.86. The number of piperazine rings is 1. The monoisotopic (exact) mass is 483 g/mol. The van der Waals surface area contributed by atoms with Crippen molar-refractivity contribution >= 4 is 49.5 Å². The molecule has 0 bridgehead atoms. The Bertz CT molecular complexity index is 1390. The zero-order valence-electron chi connectivity index (χ0n) is 17.4. The molecular formula is C23H21N3O3S3. The Morgan fingerprint density at radius 2 is 1.78 bits per heavy atom. The molecule has 4 aromatic rings. The number of fused-ring (bicyclic) bond motifs is 1. The van der Waals surface area contributed by atoms with Gasteiger partial charge in [0.25, 0.3) is 15.9 Å². The Kier molecular flexibility index (Phi) is 5.58. The van der Waals surface area contributed by atoms with Crippen LogP contribution >= 0.6 is 22.7 Å². The van der Waals surface area contributed by atoms with E-state index in [4.69, 9.17) is 4.98 Å². The van der Waals surface area contributed by atoms with Gasteiger partial charge in [0.1, 0.15) is 4.21 Å². The third kappa shape index (κ3) is 3.86. The standard InChI is InChI=1S/C23H21N3O3S3/c1-16-8-9-22(31-16)32(28,29)26-12-10-25(11-13-26)23(27)18-15-20(21-7-4-14-30-21)24-19-6-3-2-5-17(18)19/h2-9,14-15H,10-13H2,1H3. The highest BCUT2D eigenvalue weighted by molar-refractivity contribution is 7.91. The molecule has 0 N–H and O–H groups in total. The molecule has 0 aliphatic carbocycles. The van der Waals surface area contributed by atoms with Gasteiger partial charge in [-0.15, -0.1) is 22.7 Å². The Balaban J connectivity index is 1.41. The minimum atomic E-state index is -3.52. The number of carbonyl (C=O) groups excluding carboxylic acids is 1. The molecule has 1 aliphatic rings. The van der Waals surface area contributed by atoms with Crippen LogP contribution in [0, 0.1) is 6.92 Å². The molecule has 0 atom stereocenters. The summed E-state index contributed by atoms with van der Waals surface area (Å²) in [5.41, 5.74) is 2.15. The molecule has 3 aromatic heterocycles. The number of sulfonamides is 1. The summed E-state index contributed by atoms with van der Waals surface area (Å²) in [6.45, 7) is 3.17. The fourth-order valence-electron chi connectivity index (χ4n) is 3.88. The van der Waals surface area contributed by atoms with Gasteiger partial charge in [-0.25, -0.2) is 13.4 Å². The lowest BCUT2D eigenvalue weighted by molar-refractivity contribution is 0.0700. The molecule has 9 heteroatoms. The highest BCUT2D eigenvalue weighted by Gasteiger charge is 2.32. The number of carbonyl (C=O) groups is 1. The van der Waals surface area contributed by atoms with E-state index in [-0.39, 0.29) is 19.0 Å². The zero-order valence-corrected chi connectivity index (χ0v) is 19.8. The van der Waals surface area contributed by atoms with Gasteiger partial charge in [0, 0.05) is 36.4 Å². The second-order valence-electron chi connectivity index (χ2n) is 7.61. The molecule has 5 rings (SSSR count). The average molecular weight is 484 g/mol. The summed E-state index contributed by atoms with van der Waals surface area (Å²) in [6.07, 6.45) is 0. The topological polar surface area (TPSA) is 70.6 Å². The van der Waals surface area contributed by atoms with Crippen molar-refractivity contribution in [2.45, 2.75) is 11.1 Å². The van der Waals surface area contributed by atoms with Gasteiger partial charge in [-0.05, 0) is 42.6 Å². The first kappa shape index (κ1) is 21.3. The number of amides is 1. The maximum absolute atomic E-state index is 13.5. The van der Waals surface area contributed by atoms with Crippen LogP contribution in [0.5, 0.6) is 0 Å². The van der Waals surface area contributed by atoms with E-state index >= 15 is 0 Å². The van der Waals surface area contributed by atoms with Crippen LogP contribution in [0.15, 0.2) is 64.2 Å². The Morgan fingerprint density at radius 3 is 2.47 bits per heavy atom. The molecule has 1 aromatic carbocycles. The number of aromatic nitrogens is 1. The van der Waals surface area contributed by atoms with E-state index in [2.05, 4.69) is 0 Å². The van der Waals surface area contributed by atoms with E-state index in [1.807, 2.05) is 60.8 Å². The maximum Gasteiger partial charge on any atom is 0.254 e. The molecule has 6 nitrogen and oxygen atoms in total. The zero-order chi connectivity index (χ0) is 22.3. The van der Waals surface area contributed by atoms with Crippen LogP contribution in [0.3, 0.4) is 0 Å². The van der Waals surface area contributed by atoms with Crippen LogP contribution < -0.4 is 0 Å².